The maximum atomic E-state index is 12.4. The summed E-state index contributed by atoms with van der Waals surface area (Å²) < 4.78 is 5.16. The predicted octanol–water partition coefficient (Wildman–Crippen LogP) is 2.49. The van der Waals surface area contributed by atoms with Crippen LogP contribution >= 0.6 is 0 Å². The van der Waals surface area contributed by atoms with Crippen LogP contribution in [0.25, 0.3) is 0 Å². The van der Waals surface area contributed by atoms with Crippen molar-refractivity contribution in [2.45, 2.75) is 77.3 Å². The molecule has 2 rings (SSSR count). The number of carbonyl (C=O) groups excluding carboxylic acids is 2. The highest BCUT2D eigenvalue weighted by atomic mass is 16.5. The Kier molecular flexibility index (Phi) is 7.34. The number of hydrogen-bond acceptors (Lipinski definition) is 4. The second kappa shape index (κ2) is 9.26. The lowest BCUT2D eigenvalue weighted by Crippen LogP contribution is -2.49. The molecular formula is C18H32N2O3. The standard InChI is InChI=1S/C18H32N2O3/c1-3-16(18(22)23-4-2)20-12-10-14(11-13-20)17(21)19-15-8-6-5-7-9-15/h14-16H,3-13H2,1-2H3,(H,19,21)/t16-/m0/s1. The summed E-state index contributed by atoms with van der Waals surface area (Å²) in [6, 6.07) is 0.231. The van der Waals surface area contributed by atoms with Crippen molar-refractivity contribution in [1.82, 2.24) is 10.2 Å². The molecule has 2 fully saturated rings. The van der Waals surface area contributed by atoms with Gasteiger partial charge in [-0.15, -0.1) is 0 Å². The Balaban J connectivity index is 1.77. The lowest BCUT2D eigenvalue weighted by molar-refractivity contribution is -0.150. The van der Waals surface area contributed by atoms with Crippen LogP contribution in [-0.4, -0.2) is 48.6 Å². The maximum absolute atomic E-state index is 12.4. The number of nitrogens with one attached hydrogen (secondary N) is 1. The summed E-state index contributed by atoms with van der Waals surface area (Å²) in [7, 11) is 0. The molecule has 5 heteroatoms. The third-order valence-corrected chi connectivity index (χ3v) is 5.24. The predicted molar refractivity (Wildman–Crippen MR) is 90.0 cm³/mol. The van der Waals surface area contributed by atoms with Crippen molar-refractivity contribution in [3.05, 3.63) is 0 Å². The van der Waals surface area contributed by atoms with Gasteiger partial charge in [0, 0.05) is 12.0 Å². The Morgan fingerprint density at radius 3 is 2.30 bits per heavy atom. The second-order valence-electron chi connectivity index (χ2n) is 6.83. The number of esters is 1. The molecule has 1 saturated heterocycles. The van der Waals surface area contributed by atoms with Gasteiger partial charge >= 0.3 is 5.97 Å². The van der Waals surface area contributed by atoms with E-state index < -0.39 is 0 Å². The summed E-state index contributed by atoms with van der Waals surface area (Å²) in [5.74, 6) is 0.203. The first-order valence-corrected chi connectivity index (χ1v) is 9.36. The smallest absolute Gasteiger partial charge is 0.323 e. The first-order valence-electron chi connectivity index (χ1n) is 9.36. The van der Waals surface area contributed by atoms with Gasteiger partial charge in [0.05, 0.1) is 6.61 Å². The van der Waals surface area contributed by atoms with Gasteiger partial charge in [-0.3, -0.25) is 14.5 Å². The van der Waals surface area contributed by atoms with E-state index in [2.05, 4.69) is 10.2 Å². The van der Waals surface area contributed by atoms with Crippen molar-refractivity contribution in [2.75, 3.05) is 19.7 Å². The zero-order valence-electron chi connectivity index (χ0n) is 14.7. The zero-order valence-corrected chi connectivity index (χ0v) is 14.7. The van der Waals surface area contributed by atoms with E-state index in [-0.39, 0.29) is 23.8 Å². The molecule has 1 saturated carbocycles. The number of likely N-dealkylation sites (tertiary alicyclic amines) is 1. The van der Waals surface area contributed by atoms with Crippen LogP contribution in [0.2, 0.25) is 0 Å². The molecule has 1 aliphatic carbocycles. The molecular weight excluding hydrogens is 292 g/mol. The van der Waals surface area contributed by atoms with Crippen LogP contribution in [0.3, 0.4) is 0 Å². The fourth-order valence-corrected chi connectivity index (χ4v) is 3.85. The third kappa shape index (κ3) is 5.20. The van der Waals surface area contributed by atoms with Gasteiger partial charge in [0.25, 0.3) is 0 Å². The SMILES string of the molecule is CCOC(=O)[C@H](CC)N1CCC(C(=O)NC2CCCCC2)CC1. The van der Waals surface area contributed by atoms with Crippen molar-refractivity contribution < 1.29 is 14.3 Å². The zero-order chi connectivity index (χ0) is 16.7. The molecule has 0 radical (unpaired) electrons. The van der Waals surface area contributed by atoms with E-state index in [4.69, 9.17) is 4.74 Å². The summed E-state index contributed by atoms with van der Waals surface area (Å²) in [6.07, 6.45) is 8.48. The monoisotopic (exact) mass is 324 g/mol. The molecule has 0 unspecified atom stereocenters. The summed E-state index contributed by atoms with van der Waals surface area (Å²) in [6.45, 7) is 5.89. The summed E-state index contributed by atoms with van der Waals surface area (Å²) in [5.41, 5.74) is 0. The molecule has 23 heavy (non-hydrogen) atoms. The molecule has 1 atom stereocenters. The lowest BCUT2D eigenvalue weighted by Gasteiger charge is -2.36. The second-order valence-corrected chi connectivity index (χ2v) is 6.83. The number of piperidine rings is 1. The van der Waals surface area contributed by atoms with Crippen LogP contribution in [0.1, 0.15) is 65.2 Å². The van der Waals surface area contributed by atoms with Crippen LogP contribution in [0.5, 0.6) is 0 Å². The van der Waals surface area contributed by atoms with E-state index in [1.54, 1.807) is 0 Å². The van der Waals surface area contributed by atoms with Gasteiger partial charge in [0.1, 0.15) is 6.04 Å². The first-order chi connectivity index (χ1) is 11.2. The Labute approximate surface area is 140 Å². The molecule has 1 aliphatic heterocycles. The molecule has 2 aliphatic rings. The highest BCUT2D eigenvalue weighted by Gasteiger charge is 2.32. The summed E-state index contributed by atoms with van der Waals surface area (Å²) in [5, 5.41) is 3.24. The molecule has 0 aromatic rings. The minimum atomic E-state index is -0.155. The van der Waals surface area contributed by atoms with Crippen LogP contribution < -0.4 is 5.32 Å². The minimum Gasteiger partial charge on any atom is -0.465 e. The molecule has 1 heterocycles. The van der Waals surface area contributed by atoms with Gasteiger partial charge in [-0.2, -0.15) is 0 Å². The number of nitrogens with zero attached hydrogens (tertiary/aromatic N) is 1. The molecule has 1 amide bonds. The molecule has 5 nitrogen and oxygen atoms in total. The fraction of sp³-hybridized carbons (Fsp3) is 0.889. The van der Waals surface area contributed by atoms with Crippen molar-refractivity contribution in [2.24, 2.45) is 5.92 Å². The van der Waals surface area contributed by atoms with E-state index in [0.29, 0.717) is 12.6 Å². The molecule has 132 valence electrons. The molecule has 1 N–H and O–H groups in total. The van der Waals surface area contributed by atoms with Crippen molar-refractivity contribution >= 4 is 11.9 Å². The quantitative estimate of drug-likeness (QED) is 0.763. The van der Waals surface area contributed by atoms with Crippen LogP contribution in [0, 0.1) is 5.92 Å². The van der Waals surface area contributed by atoms with Gasteiger partial charge in [-0.25, -0.2) is 0 Å². The number of hydrogen-bond donors (Lipinski definition) is 1. The number of amides is 1. The van der Waals surface area contributed by atoms with Crippen LogP contribution in [0.4, 0.5) is 0 Å². The van der Waals surface area contributed by atoms with Crippen molar-refractivity contribution in [3.8, 4) is 0 Å². The van der Waals surface area contributed by atoms with Gasteiger partial charge < -0.3 is 10.1 Å². The average molecular weight is 324 g/mol. The van der Waals surface area contributed by atoms with E-state index in [1.807, 2.05) is 13.8 Å². The highest BCUT2D eigenvalue weighted by Crippen LogP contribution is 2.23. The van der Waals surface area contributed by atoms with Crippen LogP contribution in [-0.2, 0) is 14.3 Å². The highest BCUT2D eigenvalue weighted by molar-refractivity contribution is 5.79. The van der Waals surface area contributed by atoms with Gasteiger partial charge in [0.15, 0.2) is 0 Å². The van der Waals surface area contributed by atoms with Crippen molar-refractivity contribution in [3.63, 3.8) is 0 Å². The maximum Gasteiger partial charge on any atom is 0.323 e. The van der Waals surface area contributed by atoms with Gasteiger partial charge in [-0.1, -0.05) is 26.2 Å². The van der Waals surface area contributed by atoms with Gasteiger partial charge in [0.2, 0.25) is 5.91 Å². The fourth-order valence-electron chi connectivity index (χ4n) is 3.85. The largest absolute Gasteiger partial charge is 0.465 e. The van der Waals surface area contributed by atoms with Crippen LogP contribution in [0.15, 0.2) is 0 Å². The molecule has 0 aromatic heterocycles. The van der Waals surface area contributed by atoms with E-state index in [0.717, 1.165) is 45.2 Å². The lowest BCUT2D eigenvalue weighted by atomic mass is 9.92. The Bertz CT molecular complexity index is 386. The van der Waals surface area contributed by atoms with E-state index in [9.17, 15) is 9.59 Å². The first kappa shape index (κ1) is 18.2. The minimum absolute atomic E-state index is 0.105. The normalized spacial score (nSPS) is 22.5. The Morgan fingerprint density at radius 1 is 1.09 bits per heavy atom. The Hall–Kier alpha value is -1.10. The topological polar surface area (TPSA) is 58.6 Å². The molecule has 0 spiro atoms. The third-order valence-electron chi connectivity index (χ3n) is 5.24. The average Bonchev–Trinajstić information content (AvgIpc) is 2.57. The van der Waals surface area contributed by atoms with Gasteiger partial charge in [-0.05, 0) is 52.1 Å². The van der Waals surface area contributed by atoms with Crippen molar-refractivity contribution in [1.29, 1.82) is 0 Å². The number of rotatable bonds is 6. The molecule has 0 bridgehead atoms. The number of carbonyl (C=O) groups is 2. The molecule has 0 aromatic carbocycles. The summed E-state index contributed by atoms with van der Waals surface area (Å²) >= 11 is 0. The Morgan fingerprint density at radius 2 is 1.74 bits per heavy atom. The van der Waals surface area contributed by atoms with E-state index >= 15 is 0 Å². The number of ether oxygens (including phenoxy) is 1. The van der Waals surface area contributed by atoms with E-state index in [1.165, 1.54) is 19.3 Å². The summed E-state index contributed by atoms with van der Waals surface area (Å²) in [4.78, 5) is 26.6.